The lowest BCUT2D eigenvalue weighted by atomic mass is 10.0. The molecular formula is C21H18ClNO4S. The first-order valence-corrected chi connectivity index (χ1v) is 9.79. The fourth-order valence-corrected chi connectivity index (χ4v) is 3.84. The Balaban J connectivity index is 2.00. The molecule has 0 atom stereocenters. The maximum Gasteiger partial charge on any atom is 0.341 e. The number of hydrogen-bond donors (Lipinski definition) is 1. The first-order valence-electron chi connectivity index (χ1n) is 8.54. The average molecular weight is 416 g/mol. The van der Waals surface area contributed by atoms with Gasteiger partial charge in [0.15, 0.2) is 0 Å². The van der Waals surface area contributed by atoms with Gasteiger partial charge < -0.3 is 14.8 Å². The molecule has 1 amide bonds. The number of hydrogen-bond acceptors (Lipinski definition) is 5. The van der Waals surface area contributed by atoms with Crippen LogP contribution in [0.2, 0.25) is 5.02 Å². The Morgan fingerprint density at radius 1 is 1.14 bits per heavy atom. The normalized spacial score (nSPS) is 10.4. The number of rotatable bonds is 6. The van der Waals surface area contributed by atoms with Crippen molar-refractivity contribution in [3.8, 4) is 16.9 Å². The third-order valence-corrected chi connectivity index (χ3v) is 5.12. The number of amides is 1. The van der Waals surface area contributed by atoms with Crippen molar-refractivity contribution in [2.45, 2.75) is 6.92 Å². The summed E-state index contributed by atoms with van der Waals surface area (Å²) in [7, 11) is 1.47. The second kappa shape index (κ2) is 8.91. The Hall–Kier alpha value is -2.83. The number of anilines is 1. The van der Waals surface area contributed by atoms with E-state index in [1.807, 2.05) is 35.7 Å². The molecule has 3 aromatic rings. The van der Waals surface area contributed by atoms with Gasteiger partial charge in [-0.2, -0.15) is 0 Å². The molecule has 28 heavy (non-hydrogen) atoms. The Kier molecular flexibility index (Phi) is 6.34. The number of ether oxygens (including phenoxy) is 2. The summed E-state index contributed by atoms with van der Waals surface area (Å²) in [5.74, 6) is -0.526. The zero-order chi connectivity index (χ0) is 20.1. The molecule has 0 fully saturated rings. The molecule has 2 aromatic carbocycles. The van der Waals surface area contributed by atoms with E-state index in [0.29, 0.717) is 26.9 Å². The third-order valence-electron chi connectivity index (χ3n) is 3.99. The van der Waals surface area contributed by atoms with E-state index in [0.717, 1.165) is 5.56 Å². The smallest absolute Gasteiger partial charge is 0.341 e. The molecule has 0 aliphatic rings. The molecule has 7 heteroatoms. The predicted octanol–water partition coefficient (Wildman–Crippen LogP) is 5.51. The monoisotopic (exact) mass is 415 g/mol. The van der Waals surface area contributed by atoms with Gasteiger partial charge in [-0.1, -0.05) is 41.9 Å². The quantitative estimate of drug-likeness (QED) is 0.539. The van der Waals surface area contributed by atoms with Gasteiger partial charge in [-0.15, -0.1) is 11.3 Å². The SMILES string of the molecule is CCOC(=O)c1c(-c2ccccc2)csc1NC(=O)c1cc(Cl)ccc1OC. The number of methoxy groups -OCH3 is 1. The lowest BCUT2D eigenvalue weighted by Crippen LogP contribution is -2.15. The van der Waals surface area contributed by atoms with Crippen molar-refractivity contribution in [2.75, 3.05) is 19.0 Å². The van der Waals surface area contributed by atoms with Gasteiger partial charge in [0.05, 0.1) is 19.3 Å². The second-order valence-corrected chi connectivity index (χ2v) is 7.05. The van der Waals surface area contributed by atoms with Crippen LogP contribution in [0.25, 0.3) is 11.1 Å². The zero-order valence-corrected chi connectivity index (χ0v) is 16.9. The summed E-state index contributed by atoms with van der Waals surface area (Å²) in [6.07, 6.45) is 0. The number of thiophene rings is 1. The van der Waals surface area contributed by atoms with E-state index in [1.54, 1.807) is 19.1 Å². The number of esters is 1. The molecule has 0 unspecified atom stereocenters. The molecular weight excluding hydrogens is 398 g/mol. The molecule has 0 radical (unpaired) electrons. The highest BCUT2D eigenvalue weighted by Crippen LogP contribution is 2.37. The molecule has 0 saturated carbocycles. The van der Waals surface area contributed by atoms with Crippen molar-refractivity contribution in [3.05, 3.63) is 70.1 Å². The van der Waals surface area contributed by atoms with E-state index in [4.69, 9.17) is 21.1 Å². The van der Waals surface area contributed by atoms with E-state index >= 15 is 0 Å². The van der Waals surface area contributed by atoms with E-state index in [1.165, 1.54) is 24.5 Å². The third kappa shape index (κ3) is 4.18. The van der Waals surface area contributed by atoms with E-state index < -0.39 is 11.9 Å². The largest absolute Gasteiger partial charge is 0.496 e. The maximum absolute atomic E-state index is 12.8. The zero-order valence-electron chi connectivity index (χ0n) is 15.3. The lowest BCUT2D eigenvalue weighted by molar-refractivity contribution is 0.0529. The van der Waals surface area contributed by atoms with Crippen LogP contribution in [0.5, 0.6) is 5.75 Å². The highest BCUT2D eigenvalue weighted by atomic mass is 35.5. The van der Waals surface area contributed by atoms with Crippen LogP contribution in [0.1, 0.15) is 27.6 Å². The molecule has 0 saturated heterocycles. The van der Waals surface area contributed by atoms with Crippen LogP contribution in [-0.2, 0) is 4.74 Å². The fourth-order valence-electron chi connectivity index (χ4n) is 2.71. The fraction of sp³-hybridized carbons (Fsp3) is 0.143. The van der Waals surface area contributed by atoms with Gasteiger partial charge >= 0.3 is 5.97 Å². The Morgan fingerprint density at radius 3 is 2.57 bits per heavy atom. The molecule has 1 N–H and O–H groups in total. The number of carbonyl (C=O) groups is 2. The van der Waals surface area contributed by atoms with Crippen LogP contribution in [0.15, 0.2) is 53.9 Å². The topological polar surface area (TPSA) is 64.6 Å². The molecule has 5 nitrogen and oxygen atoms in total. The Morgan fingerprint density at radius 2 is 1.89 bits per heavy atom. The van der Waals surface area contributed by atoms with Crippen molar-refractivity contribution in [2.24, 2.45) is 0 Å². The maximum atomic E-state index is 12.8. The molecule has 144 valence electrons. The van der Waals surface area contributed by atoms with E-state index in [-0.39, 0.29) is 12.2 Å². The highest BCUT2D eigenvalue weighted by molar-refractivity contribution is 7.15. The van der Waals surface area contributed by atoms with Gasteiger partial charge in [0.1, 0.15) is 16.3 Å². The first-order chi connectivity index (χ1) is 13.5. The van der Waals surface area contributed by atoms with Crippen molar-refractivity contribution < 1.29 is 19.1 Å². The summed E-state index contributed by atoms with van der Waals surface area (Å²) in [6.45, 7) is 1.97. The van der Waals surface area contributed by atoms with Crippen molar-refractivity contribution in [1.82, 2.24) is 0 Å². The average Bonchev–Trinajstić information content (AvgIpc) is 3.12. The second-order valence-electron chi connectivity index (χ2n) is 5.74. The highest BCUT2D eigenvalue weighted by Gasteiger charge is 2.24. The van der Waals surface area contributed by atoms with Crippen LogP contribution in [0.3, 0.4) is 0 Å². The minimum Gasteiger partial charge on any atom is -0.496 e. The standard InChI is InChI=1S/C21H18ClNO4S/c1-3-27-21(25)18-16(13-7-5-4-6-8-13)12-28-20(18)23-19(24)15-11-14(22)9-10-17(15)26-2/h4-12H,3H2,1-2H3,(H,23,24). The van der Waals surface area contributed by atoms with Crippen molar-refractivity contribution in [1.29, 1.82) is 0 Å². The van der Waals surface area contributed by atoms with E-state index in [9.17, 15) is 9.59 Å². The molecule has 0 bridgehead atoms. The van der Waals surface area contributed by atoms with Gasteiger partial charge in [0, 0.05) is 16.0 Å². The number of carbonyl (C=O) groups excluding carboxylic acids is 2. The van der Waals surface area contributed by atoms with Gasteiger partial charge in [0.25, 0.3) is 5.91 Å². The lowest BCUT2D eigenvalue weighted by Gasteiger charge is -2.11. The molecule has 0 aliphatic carbocycles. The van der Waals surface area contributed by atoms with Crippen LogP contribution in [0, 0.1) is 0 Å². The number of nitrogens with one attached hydrogen (secondary N) is 1. The summed E-state index contributed by atoms with van der Waals surface area (Å²) in [6, 6.07) is 14.2. The van der Waals surface area contributed by atoms with Crippen molar-refractivity contribution >= 4 is 39.8 Å². The van der Waals surface area contributed by atoms with Gasteiger partial charge in [0.2, 0.25) is 0 Å². The van der Waals surface area contributed by atoms with Crippen LogP contribution in [-0.4, -0.2) is 25.6 Å². The van der Waals surface area contributed by atoms with Crippen molar-refractivity contribution in [3.63, 3.8) is 0 Å². The summed E-state index contributed by atoms with van der Waals surface area (Å²) in [5, 5.41) is 5.44. The van der Waals surface area contributed by atoms with Gasteiger partial charge in [-0.05, 0) is 30.7 Å². The number of halogens is 1. The first kappa shape index (κ1) is 19.9. The Bertz CT molecular complexity index is 1000. The van der Waals surface area contributed by atoms with Crippen LogP contribution < -0.4 is 10.1 Å². The van der Waals surface area contributed by atoms with Crippen LogP contribution >= 0.6 is 22.9 Å². The molecule has 0 spiro atoms. The minimum atomic E-state index is -0.490. The molecule has 3 rings (SSSR count). The molecule has 1 heterocycles. The van der Waals surface area contributed by atoms with Gasteiger partial charge in [-0.25, -0.2) is 4.79 Å². The Labute approximate surface area is 171 Å². The summed E-state index contributed by atoms with van der Waals surface area (Å²) in [4.78, 5) is 25.4. The molecule has 0 aliphatic heterocycles. The summed E-state index contributed by atoms with van der Waals surface area (Å²) >= 11 is 7.28. The van der Waals surface area contributed by atoms with Gasteiger partial charge in [-0.3, -0.25) is 4.79 Å². The summed E-state index contributed by atoms with van der Waals surface area (Å²) < 4.78 is 10.5. The summed E-state index contributed by atoms with van der Waals surface area (Å²) in [5.41, 5.74) is 2.17. The minimum absolute atomic E-state index is 0.235. The molecule has 1 aromatic heterocycles. The van der Waals surface area contributed by atoms with E-state index in [2.05, 4.69) is 5.32 Å². The van der Waals surface area contributed by atoms with Crippen LogP contribution in [0.4, 0.5) is 5.00 Å². The number of benzene rings is 2. The predicted molar refractivity (Wildman–Crippen MR) is 112 cm³/mol.